The second-order valence-electron chi connectivity index (χ2n) is 5.78. The van der Waals surface area contributed by atoms with E-state index in [-0.39, 0.29) is 31.8 Å². The molecule has 22 heavy (non-hydrogen) atoms. The molecule has 1 saturated heterocycles. The summed E-state index contributed by atoms with van der Waals surface area (Å²) >= 11 is 0. The van der Waals surface area contributed by atoms with E-state index in [1.165, 1.54) is 0 Å². The second kappa shape index (κ2) is 7.05. The normalized spacial score (nSPS) is 17.6. The van der Waals surface area contributed by atoms with Gasteiger partial charge in [0.1, 0.15) is 5.60 Å². The van der Waals surface area contributed by atoms with Gasteiger partial charge in [-0.15, -0.1) is 0 Å². The van der Waals surface area contributed by atoms with Crippen molar-refractivity contribution >= 4 is 11.6 Å². The van der Waals surface area contributed by atoms with E-state index in [4.69, 9.17) is 0 Å². The van der Waals surface area contributed by atoms with Gasteiger partial charge < -0.3 is 15.3 Å². The van der Waals surface area contributed by atoms with Crippen LogP contribution >= 0.6 is 0 Å². The van der Waals surface area contributed by atoms with E-state index < -0.39 is 12.0 Å². The zero-order valence-electron chi connectivity index (χ0n) is 12.7. The van der Waals surface area contributed by atoms with Gasteiger partial charge in [-0.1, -0.05) is 18.2 Å². The summed E-state index contributed by atoms with van der Waals surface area (Å²) in [5, 5.41) is 12.9. The highest BCUT2D eigenvalue weighted by Crippen LogP contribution is 2.28. The molecular formula is C16H22F2N2O2. The van der Waals surface area contributed by atoms with Crippen LogP contribution in [-0.4, -0.2) is 47.6 Å². The van der Waals surface area contributed by atoms with Crippen LogP contribution in [0.2, 0.25) is 0 Å². The van der Waals surface area contributed by atoms with Crippen molar-refractivity contribution in [1.29, 1.82) is 0 Å². The molecule has 1 aliphatic heterocycles. The number of hydrogen-bond donors (Lipinski definition) is 2. The van der Waals surface area contributed by atoms with Crippen molar-refractivity contribution in [3.63, 3.8) is 0 Å². The number of aryl methyl sites for hydroxylation is 1. The number of carbonyl (C=O) groups excluding carboxylic acids is 1. The van der Waals surface area contributed by atoms with E-state index in [1.54, 1.807) is 4.90 Å². The smallest absolute Gasteiger partial charge is 0.266 e. The Morgan fingerprint density at radius 2 is 2.00 bits per heavy atom. The molecule has 4 nitrogen and oxygen atoms in total. The van der Waals surface area contributed by atoms with E-state index in [1.807, 2.05) is 31.2 Å². The SMILES string of the molecule is Cc1ccccc1NCCC(=O)N1CCC(O)(C(F)F)CC1. The van der Waals surface area contributed by atoms with Gasteiger partial charge >= 0.3 is 0 Å². The van der Waals surface area contributed by atoms with E-state index in [0.717, 1.165) is 11.3 Å². The summed E-state index contributed by atoms with van der Waals surface area (Å²) in [7, 11) is 0. The summed E-state index contributed by atoms with van der Waals surface area (Å²) < 4.78 is 25.4. The van der Waals surface area contributed by atoms with E-state index in [2.05, 4.69) is 5.32 Å². The fourth-order valence-electron chi connectivity index (χ4n) is 2.60. The molecule has 122 valence electrons. The highest BCUT2D eigenvalue weighted by molar-refractivity contribution is 5.77. The van der Waals surface area contributed by atoms with Gasteiger partial charge in [-0.2, -0.15) is 0 Å². The molecular weight excluding hydrogens is 290 g/mol. The third-order valence-electron chi connectivity index (χ3n) is 4.19. The van der Waals surface area contributed by atoms with Gasteiger partial charge in [0.05, 0.1) is 0 Å². The van der Waals surface area contributed by atoms with Gasteiger partial charge in [0, 0.05) is 31.7 Å². The molecule has 1 aromatic carbocycles. The predicted molar refractivity (Wildman–Crippen MR) is 81.1 cm³/mol. The Balaban J connectivity index is 1.76. The number of halogens is 2. The van der Waals surface area contributed by atoms with Gasteiger partial charge in [0.25, 0.3) is 6.43 Å². The Kier molecular flexibility index (Phi) is 5.34. The number of nitrogens with one attached hydrogen (secondary N) is 1. The lowest BCUT2D eigenvalue weighted by Crippen LogP contribution is -2.50. The Morgan fingerprint density at radius 1 is 1.36 bits per heavy atom. The molecule has 0 spiro atoms. The standard InChI is InChI=1S/C16H22F2N2O2/c1-12-4-2-3-5-13(12)19-9-6-14(21)20-10-7-16(22,8-11-20)15(17)18/h2-5,15,19,22H,6-11H2,1H3. The third kappa shape index (κ3) is 3.94. The van der Waals surface area contributed by atoms with Crippen molar-refractivity contribution in [1.82, 2.24) is 4.90 Å². The summed E-state index contributed by atoms with van der Waals surface area (Å²) in [5.74, 6) is -0.0719. The molecule has 1 aromatic rings. The Bertz CT molecular complexity index is 515. The fourth-order valence-corrected chi connectivity index (χ4v) is 2.60. The number of amides is 1. The fraction of sp³-hybridized carbons (Fsp3) is 0.562. The van der Waals surface area contributed by atoms with Crippen LogP contribution < -0.4 is 5.32 Å². The number of alkyl halides is 2. The van der Waals surface area contributed by atoms with Gasteiger partial charge in [0.15, 0.2) is 0 Å². The molecule has 2 rings (SSSR count). The van der Waals surface area contributed by atoms with Crippen molar-refractivity contribution in [2.24, 2.45) is 0 Å². The number of rotatable bonds is 5. The zero-order valence-corrected chi connectivity index (χ0v) is 12.7. The van der Waals surface area contributed by atoms with Crippen LogP contribution in [0.5, 0.6) is 0 Å². The first-order valence-corrected chi connectivity index (χ1v) is 7.50. The number of piperidine rings is 1. The topological polar surface area (TPSA) is 52.6 Å². The quantitative estimate of drug-likeness (QED) is 0.878. The highest BCUT2D eigenvalue weighted by Gasteiger charge is 2.41. The molecule has 0 saturated carbocycles. The summed E-state index contributed by atoms with van der Waals surface area (Å²) in [6.07, 6.45) is -2.59. The molecule has 1 heterocycles. The number of benzene rings is 1. The van der Waals surface area contributed by atoms with Gasteiger partial charge in [0.2, 0.25) is 5.91 Å². The molecule has 2 N–H and O–H groups in total. The van der Waals surface area contributed by atoms with Crippen LogP contribution in [0.3, 0.4) is 0 Å². The van der Waals surface area contributed by atoms with E-state index in [9.17, 15) is 18.7 Å². The zero-order chi connectivity index (χ0) is 16.2. The minimum Gasteiger partial charge on any atom is -0.384 e. The molecule has 6 heteroatoms. The van der Waals surface area contributed by atoms with Crippen molar-refractivity contribution in [2.75, 3.05) is 25.0 Å². The van der Waals surface area contributed by atoms with Crippen LogP contribution in [-0.2, 0) is 4.79 Å². The third-order valence-corrected chi connectivity index (χ3v) is 4.19. The maximum Gasteiger partial charge on any atom is 0.266 e. The number of carbonyl (C=O) groups is 1. The minimum atomic E-state index is -2.76. The van der Waals surface area contributed by atoms with Crippen molar-refractivity contribution in [2.45, 2.75) is 38.2 Å². The Morgan fingerprint density at radius 3 is 2.59 bits per heavy atom. The molecule has 0 atom stereocenters. The van der Waals surface area contributed by atoms with Gasteiger partial charge in [-0.05, 0) is 31.4 Å². The summed E-state index contributed by atoms with van der Waals surface area (Å²) in [4.78, 5) is 13.6. The molecule has 0 aromatic heterocycles. The number of likely N-dealkylation sites (tertiary alicyclic amines) is 1. The summed E-state index contributed by atoms with van der Waals surface area (Å²) in [6, 6.07) is 7.81. The highest BCUT2D eigenvalue weighted by atomic mass is 19.3. The molecule has 1 aliphatic rings. The maximum atomic E-state index is 12.7. The molecule has 1 amide bonds. The van der Waals surface area contributed by atoms with Gasteiger partial charge in [-0.3, -0.25) is 4.79 Å². The lowest BCUT2D eigenvalue weighted by atomic mass is 9.92. The van der Waals surface area contributed by atoms with Crippen molar-refractivity contribution < 1.29 is 18.7 Å². The monoisotopic (exact) mass is 312 g/mol. The molecule has 1 fully saturated rings. The number of para-hydroxylation sites is 1. The number of anilines is 1. The average Bonchev–Trinajstić information content (AvgIpc) is 2.49. The molecule has 0 unspecified atom stereocenters. The van der Waals surface area contributed by atoms with Crippen LogP contribution in [0.25, 0.3) is 0 Å². The lowest BCUT2D eigenvalue weighted by Gasteiger charge is -2.37. The second-order valence-corrected chi connectivity index (χ2v) is 5.78. The lowest BCUT2D eigenvalue weighted by molar-refractivity contribution is -0.147. The molecule has 0 aliphatic carbocycles. The molecule has 0 bridgehead atoms. The first-order valence-electron chi connectivity index (χ1n) is 7.50. The van der Waals surface area contributed by atoms with Crippen molar-refractivity contribution in [3.8, 4) is 0 Å². The predicted octanol–water partition coefficient (Wildman–Crippen LogP) is 2.42. The minimum absolute atomic E-state index is 0.0678. The Hall–Kier alpha value is -1.69. The maximum absolute atomic E-state index is 12.7. The van der Waals surface area contributed by atoms with Crippen LogP contribution in [0, 0.1) is 6.92 Å². The van der Waals surface area contributed by atoms with Crippen LogP contribution in [0.4, 0.5) is 14.5 Å². The van der Waals surface area contributed by atoms with Crippen molar-refractivity contribution in [3.05, 3.63) is 29.8 Å². The first kappa shape index (κ1) is 16.7. The van der Waals surface area contributed by atoms with Crippen LogP contribution in [0.15, 0.2) is 24.3 Å². The summed E-state index contributed by atoms with van der Waals surface area (Å²) in [6.45, 7) is 2.85. The average molecular weight is 312 g/mol. The van der Waals surface area contributed by atoms with Crippen LogP contribution in [0.1, 0.15) is 24.8 Å². The number of aliphatic hydroxyl groups is 1. The van der Waals surface area contributed by atoms with E-state index >= 15 is 0 Å². The van der Waals surface area contributed by atoms with E-state index in [0.29, 0.717) is 13.0 Å². The largest absolute Gasteiger partial charge is 0.384 e. The Labute approximate surface area is 129 Å². The van der Waals surface area contributed by atoms with Gasteiger partial charge in [-0.25, -0.2) is 8.78 Å². The summed E-state index contributed by atoms with van der Waals surface area (Å²) in [5.41, 5.74) is 0.159. The number of nitrogens with zero attached hydrogens (tertiary/aromatic N) is 1. The molecule has 0 radical (unpaired) electrons. The number of hydrogen-bond acceptors (Lipinski definition) is 3. The first-order chi connectivity index (χ1) is 10.4.